The van der Waals surface area contributed by atoms with Gasteiger partial charge in [-0.05, 0) is 34.6 Å². The molecule has 32 heavy (non-hydrogen) atoms. The van der Waals surface area contributed by atoms with Crippen LogP contribution in [0.5, 0.6) is 0 Å². The molecule has 0 heterocycles. The largest absolute Gasteiger partial charge is 2.00 e. The molecular formula is C15H25CaO15P. The number of hydrogen-bond acceptors (Lipinski definition) is 15. The Morgan fingerprint density at radius 3 is 0.812 bits per heavy atom. The molecule has 15 nitrogen and oxygen atoms in total. The molecule has 0 aliphatic heterocycles. The van der Waals surface area contributed by atoms with Gasteiger partial charge in [-0.1, -0.05) is 0 Å². The summed E-state index contributed by atoms with van der Waals surface area (Å²) >= 11 is 0. The molecule has 0 fully saturated rings. The average molecular weight is 516 g/mol. The van der Waals surface area contributed by atoms with Crippen molar-refractivity contribution in [2.24, 2.45) is 0 Å². The van der Waals surface area contributed by atoms with E-state index in [4.69, 9.17) is 25.5 Å². The van der Waals surface area contributed by atoms with E-state index in [1.54, 1.807) is 0 Å². The van der Waals surface area contributed by atoms with Crippen LogP contribution in [0.2, 0.25) is 0 Å². The van der Waals surface area contributed by atoms with Gasteiger partial charge in [0.15, 0.2) is 0 Å². The number of aliphatic carboxylic acids is 2. The van der Waals surface area contributed by atoms with Gasteiger partial charge in [-0.3, -0.25) is 0 Å². The fourth-order valence-electron chi connectivity index (χ4n) is 0.505. The Morgan fingerprint density at radius 2 is 0.719 bits per heavy atom. The summed E-state index contributed by atoms with van der Waals surface area (Å²) in [4.78, 5) is 52.0. The molecule has 0 amide bonds. The first-order valence-electron chi connectivity index (χ1n) is 8.21. The van der Waals surface area contributed by atoms with Crippen LogP contribution < -0.4 is 10.2 Å². The van der Waals surface area contributed by atoms with E-state index in [1.807, 2.05) is 0 Å². The molecule has 0 saturated carbocycles. The first-order valence-corrected chi connectivity index (χ1v) is 9.31. The van der Waals surface area contributed by atoms with Crippen molar-refractivity contribution in [1.82, 2.24) is 0 Å². The normalized spacial score (nSPS) is 15.1. The molecule has 17 heteroatoms. The van der Waals surface area contributed by atoms with Gasteiger partial charge in [0.2, 0.25) is 0 Å². The Morgan fingerprint density at radius 1 is 0.562 bits per heavy atom. The van der Waals surface area contributed by atoms with Crippen molar-refractivity contribution in [1.29, 1.82) is 0 Å². The van der Waals surface area contributed by atoms with E-state index in [0.717, 1.165) is 34.6 Å². The topological polar surface area (TPSA) is 260 Å². The van der Waals surface area contributed by atoms with E-state index in [0.29, 0.717) is 0 Å². The minimum Gasteiger partial charge on any atom is -0.547 e. The number of carbonyl (C=O) groups is 5. The predicted molar refractivity (Wildman–Crippen MR) is 99.4 cm³/mol. The maximum atomic E-state index is 11.1. The Bertz CT molecular complexity index is 521. The SMILES string of the molecule is CC(O)C(=O)OP(OC(=O)C(C)O)OC(=O)C(C)O.CC(O)C(=O)[O-].CC(O)C(=O)[O-].[Ca+2]. The molecule has 5 N–H and O–H groups in total. The predicted octanol–water partition coefficient (Wildman–Crippen LogP) is -5.16. The van der Waals surface area contributed by atoms with E-state index < -0.39 is 69.0 Å². The molecule has 5 atom stereocenters. The number of carboxylic acid groups (broad SMARTS) is 2. The smallest absolute Gasteiger partial charge is 0.547 e. The van der Waals surface area contributed by atoms with E-state index in [2.05, 4.69) is 13.6 Å². The molecule has 0 spiro atoms. The van der Waals surface area contributed by atoms with Crippen LogP contribution in [-0.2, 0) is 37.5 Å². The minimum atomic E-state index is -2.80. The summed E-state index contributed by atoms with van der Waals surface area (Å²) < 4.78 is 13.3. The maximum Gasteiger partial charge on any atom is 2.00 e. The first kappa shape index (κ1) is 38.1. The minimum absolute atomic E-state index is 0. The average Bonchev–Trinajstić information content (AvgIpc) is 2.61. The van der Waals surface area contributed by atoms with Gasteiger partial charge in [-0.2, -0.15) is 0 Å². The summed E-state index contributed by atoms with van der Waals surface area (Å²) in [5.74, 6) is -6.45. The summed E-state index contributed by atoms with van der Waals surface area (Å²) in [6, 6.07) is 0. The number of rotatable bonds is 8. The van der Waals surface area contributed by atoms with E-state index in [1.165, 1.54) is 0 Å². The Balaban J connectivity index is -0.000000248. The van der Waals surface area contributed by atoms with Gasteiger partial charge < -0.3 is 58.9 Å². The fraction of sp³-hybridized carbons (Fsp3) is 0.667. The molecule has 0 radical (unpaired) electrons. The summed E-state index contributed by atoms with van der Waals surface area (Å²) in [5, 5.41) is 61.3. The van der Waals surface area contributed by atoms with Crippen LogP contribution in [-0.4, -0.2) is 124 Å². The molecule has 0 rings (SSSR count). The molecule has 0 aliphatic carbocycles. The van der Waals surface area contributed by atoms with Gasteiger partial charge in [-0.25, -0.2) is 14.4 Å². The van der Waals surface area contributed by atoms with Crippen molar-refractivity contribution in [2.45, 2.75) is 65.1 Å². The Labute approximate surface area is 213 Å². The second-order valence-electron chi connectivity index (χ2n) is 5.47. The van der Waals surface area contributed by atoms with Gasteiger partial charge in [-0.15, -0.1) is 0 Å². The number of aliphatic hydroxyl groups is 5. The Hall–Kier alpha value is -1.16. The third-order valence-corrected chi connectivity index (χ3v) is 3.19. The van der Waals surface area contributed by atoms with E-state index in [-0.39, 0.29) is 37.7 Å². The molecule has 0 saturated heterocycles. The second-order valence-corrected chi connectivity index (χ2v) is 6.47. The summed E-state index contributed by atoms with van der Waals surface area (Å²) in [7, 11) is -2.80. The van der Waals surface area contributed by atoms with Crippen molar-refractivity contribution in [3.8, 4) is 0 Å². The van der Waals surface area contributed by atoms with Crippen molar-refractivity contribution in [3.63, 3.8) is 0 Å². The van der Waals surface area contributed by atoms with Crippen LogP contribution in [0.4, 0.5) is 0 Å². The molecule has 5 unspecified atom stereocenters. The van der Waals surface area contributed by atoms with Crippen molar-refractivity contribution < 1.29 is 73.3 Å². The van der Waals surface area contributed by atoms with E-state index >= 15 is 0 Å². The van der Waals surface area contributed by atoms with E-state index in [9.17, 15) is 34.2 Å². The first-order chi connectivity index (χ1) is 13.9. The van der Waals surface area contributed by atoms with Gasteiger partial charge in [0.1, 0.15) is 18.3 Å². The van der Waals surface area contributed by atoms with Gasteiger partial charge in [0.25, 0.3) is 0 Å². The van der Waals surface area contributed by atoms with Gasteiger partial charge in [0, 0.05) is 0 Å². The molecule has 0 aliphatic rings. The van der Waals surface area contributed by atoms with Crippen LogP contribution in [0.15, 0.2) is 0 Å². The standard InChI is InChI=1S/C9H15O9P.2C3H6O3.Ca/c1-4(10)7(13)16-19(17-8(14)5(2)11)18-9(15)6(3)12;2*1-2(4)3(5)6;/h4-6,10-12H,1-3H3;2*2,4H,1H3,(H,5,6);/q;;;+2/p-2. The van der Waals surface area contributed by atoms with Crippen LogP contribution in [0.25, 0.3) is 0 Å². The summed E-state index contributed by atoms with van der Waals surface area (Å²) in [5.41, 5.74) is 0. The molecule has 182 valence electrons. The maximum absolute atomic E-state index is 11.1. The molecule has 0 aromatic heterocycles. The fourth-order valence-corrected chi connectivity index (χ4v) is 1.52. The zero-order valence-corrected chi connectivity index (χ0v) is 21.0. The number of hydrogen-bond donors (Lipinski definition) is 5. The van der Waals surface area contributed by atoms with Crippen LogP contribution >= 0.6 is 8.60 Å². The molecule has 0 bridgehead atoms. The van der Waals surface area contributed by atoms with Crippen LogP contribution in [0.3, 0.4) is 0 Å². The summed E-state index contributed by atoms with van der Waals surface area (Å²) in [6.07, 6.45) is -7.27. The third-order valence-electron chi connectivity index (χ3n) is 2.20. The molecular weight excluding hydrogens is 491 g/mol. The van der Waals surface area contributed by atoms with Crippen molar-refractivity contribution >= 4 is 76.2 Å². The van der Waals surface area contributed by atoms with Gasteiger partial charge >= 0.3 is 64.2 Å². The van der Waals surface area contributed by atoms with Crippen molar-refractivity contribution in [3.05, 3.63) is 0 Å². The quantitative estimate of drug-likeness (QED) is 0.149. The number of aliphatic hydroxyl groups excluding tert-OH is 5. The van der Waals surface area contributed by atoms with Gasteiger partial charge in [0.05, 0.1) is 24.1 Å². The monoisotopic (exact) mass is 516 g/mol. The number of carboxylic acids is 2. The van der Waals surface area contributed by atoms with Crippen LogP contribution in [0, 0.1) is 0 Å². The molecule has 0 aromatic carbocycles. The summed E-state index contributed by atoms with van der Waals surface area (Å²) in [6.45, 7) is 5.53. The van der Waals surface area contributed by atoms with Crippen LogP contribution in [0.1, 0.15) is 34.6 Å². The third kappa shape index (κ3) is 23.5. The molecule has 0 aromatic rings. The number of carbonyl (C=O) groups excluding carboxylic acids is 5. The zero-order chi connectivity index (χ0) is 25.5. The second kappa shape index (κ2) is 20.4. The van der Waals surface area contributed by atoms with Crippen molar-refractivity contribution in [2.75, 3.05) is 0 Å². The zero-order valence-electron chi connectivity index (χ0n) is 17.9. The Kier molecular flexibility index (Phi) is 24.4.